The molecule has 1 heterocycles. The summed E-state index contributed by atoms with van der Waals surface area (Å²) in [5, 5.41) is 0. The molecule has 4 nitrogen and oxygen atoms in total. The number of ether oxygens (including phenoxy) is 2. The first-order valence-electron chi connectivity index (χ1n) is 6.07. The van der Waals surface area contributed by atoms with E-state index in [1.54, 1.807) is 0 Å². The van der Waals surface area contributed by atoms with Gasteiger partial charge in [-0.2, -0.15) is 13.2 Å². The lowest BCUT2D eigenvalue weighted by Gasteiger charge is -2.18. The fourth-order valence-corrected chi connectivity index (χ4v) is 1.84. The molecule has 0 radical (unpaired) electrons. The largest absolute Gasteiger partial charge is 0.493 e. The fraction of sp³-hybridized carbons (Fsp3) is 0.462. The molecule has 0 saturated carbocycles. The van der Waals surface area contributed by atoms with Crippen LogP contribution in [-0.4, -0.2) is 24.8 Å². The summed E-state index contributed by atoms with van der Waals surface area (Å²) in [5.74, 6) is 0.180. The van der Waals surface area contributed by atoms with Gasteiger partial charge in [0.05, 0.1) is 12.2 Å². The number of hydrogen-bond acceptors (Lipinski definition) is 4. The molecule has 1 aliphatic rings. The summed E-state index contributed by atoms with van der Waals surface area (Å²) in [6.07, 6.45) is -3.87. The molecular formula is C13H15F3N2O2. The quantitative estimate of drug-likeness (QED) is 0.926. The number of halogens is 3. The van der Waals surface area contributed by atoms with Crippen LogP contribution in [0.2, 0.25) is 0 Å². The van der Waals surface area contributed by atoms with Gasteiger partial charge in [0, 0.05) is 6.42 Å². The molecular weight excluding hydrogens is 273 g/mol. The lowest BCUT2D eigenvalue weighted by molar-refractivity contribution is -0.137. The van der Waals surface area contributed by atoms with E-state index in [9.17, 15) is 13.2 Å². The lowest BCUT2D eigenvalue weighted by Crippen LogP contribution is -2.26. The van der Waals surface area contributed by atoms with Gasteiger partial charge in [0.2, 0.25) is 0 Å². The number of hydrogen-bond donors (Lipinski definition) is 1. The summed E-state index contributed by atoms with van der Waals surface area (Å²) in [4.78, 5) is 4.12. The molecule has 1 aromatic carbocycles. The van der Waals surface area contributed by atoms with Crippen molar-refractivity contribution in [2.75, 3.05) is 13.2 Å². The van der Waals surface area contributed by atoms with Gasteiger partial charge in [-0.3, -0.25) is 0 Å². The van der Waals surface area contributed by atoms with Crippen LogP contribution in [0.15, 0.2) is 29.3 Å². The van der Waals surface area contributed by atoms with E-state index in [-0.39, 0.29) is 18.4 Å². The van der Waals surface area contributed by atoms with Crippen LogP contribution in [-0.2, 0) is 10.9 Å². The van der Waals surface area contributed by atoms with Gasteiger partial charge in [0.25, 0.3) is 6.02 Å². The molecule has 0 bridgehead atoms. The van der Waals surface area contributed by atoms with Crippen LogP contribution in [0.3, 0.4) is 0 Å². The van der Waals surface area contributed by atoms with E-state index in [1.807, 2.05) is 6.92 Å². The Morgan fingerprint density at radius 1 is 1.45 bits per heavy atom. The Hall–Kier alpha value is -1.92. The van der Waals surface area contributed by atoms with E-state index >= 15 is 0 Å². The lowest BCUT2D eigenvalue weighted by atomic mass is 10.0. The first kappa shape index (κ1) is 14.5. The average molecular weight is 288 g/mol. The molecule has 7 heteroatoms. The summed E-state index contributed by atoms with van der Waals surface area (Å²) in [7, 11) is 0. The van der Waals surface area contributed by atoms with Crippen molar-refractivity contribution in [1.29, 1.82) is 0 Å². The van der Waals surface area contributed by atoms with Gasteiger partial charge >= 0.3 is 6.18 Å². The Morgan fingerprint density at radius 3 is 2.80 bits per heavy atom. The van der Waals surface area contributed by atoms with Crippen LogP contribution in [0.25, 0.3) is 0 Å². The van der Waals surface area contributed by atoms with E-state index in [0.717, 1.165) is 12.1 Å². The van der Waals surface area contributed by atoms with E-state index in [2.05, 4.69) is 4.99 Å². The minimum atomic E-state index is -4.37. The molecule has 0 aromatic heterocycles. The Morgan fingerprint density at radius 2 is 2.20 bits per heavy atom. The zero-order valence-electron chi connectivity index (χ0n) is 10.9. The van der Waals surface area contributed by atoms with Crippen molar-refractivity contribution in [3.8, 4) is 5.75 Å². The second kappa shape index (κ2) is 5.22. The highest BCUT2D eigenvalue weighted by Crippen LogP contribution is 2.31. The first-order chi connectivity index (χ1) is 9.28. The van der Waals surface area contributed by atoms with Crippen LogP contribution < -0.4 is 10.5 Å². The van der Waals surface area contributed by atoms with E-state index in [1.165, 1.54) is 12.1 Å². The SMILES string of the molecule is CC1(CCOc2cccc(C(F)(F)F)c2)COC(N)=N1. The van der Waals surface area contributed by atoms with Gasteiger partial charge in [-0.25, -0.2) is 4.99 Å². The monoisotopic (exact) mass is 288 g/mol. The third-order valence-corrected chi connectivity index (χ3v) is 2.98. The molecule has 0 aliphatic carbocycles. The first-order valence-corrected chi connectivity index (χ1v) is 6.07. The van der Waals surface area contributed by atoms with Crippen molar-refractivity contribution in [2.24, 2.45) is 10.7 Å². The van der Waals surface area contributed by atoms with Gasteiger partial charge in [0.15, 0.2) is 0 Å². The van der Waals surface area contributed by atoms with Gasteiger partial charge in [-0.15, -0.1) is 0 Å². The highest BCUT2D eigenvalue weighted by molar-refractivity contribution is 5.73. The molecule has 2 N–H and O–H groups in total. The molecule has 0 fully saturated rings. The third-order valence-electron chi connectivity index (χ3n) is 2.98. The Balaban J connectivity index is 1.92. The maximum Gasteiger partial charge on any atom is 0.416 e. The predicted molar refractivity (Wildman–Crippen MR) is 67.5 cm³/mol. The van der Waals surface area contributed by atoms with E-state index < -0.39 is 17.3 Å². The summed E-state index contributed by atoms with van der Waals surface area (Å²) in [6, 6.07) is 4.91. The zero-order chi connectivity index (χ0) is 14.8. The van der Waals surface area contributed by atoms with E-state index in [0.29, 0.717) is 13.0 Å². The van der Waals surface area contributed by atoms with Crippen molar-refractivity contribution in [1.82, 2.24) is 0 Å². The third kappa shape index (κ3) is 3.55. The minimum absolute atomic E-state index is 0.131. The number of amidine groups is 1. The molecule has 2 rings (SSSR count). The summed E-state index contributed by atoms with van der Waals surface area (Å²) < 4.78 is 48.0. The number of alkyl halides is 3. The zero-order valence-corrected chi connectivity index (χ0v) is 10.9. The molecule has 1 unspecified atom stereocenters. The maximum atomic E-state index is 12.5. The highest BCUT2D eigenvalue weighted by Gasteiger charge is 2.32. The number of nitrogens with zero attached hydrogens (tertiary/aromatic N) is 1. The molecule has 1 aliphatic heterocycles. The number of aliphatic imine (C=N–C) groups is 1. The van der Waals surface area contributed by atoms with Crippen LogP contribution in [0.5, 0.6) is 5.75 Å². The molecule has 1 atom stereocenters. The fourth-order valence-electron chi connectivity index (χ4n) is 1.84. The van der Waals surface area contributed by atoms with Gasteiger partial charge in [-0.05, 0) is 25.1 Å². The summed E-state index contributed by atoms with van der Waals surface area (Å²) in [6.45, 7) is 2.44. The topological polar surface area (TPSA) is 56.8 Å². The second-order valence-corrected chi connectivity index (χ2v) is 4.86. The van der Waals surface area contributed by atoms with Crippen molar-refractivity contribution < 1.29 is 22.6 Å². The minimum Gasteiger partial charge on any atom is -0.493 e. The van der Waals surface area contributed by atoms with Gasteiger partial charge < -0.3 is 15.2 Å². The Bertz CT molecular complexity index is 517. The number of nitrogens with two attached hydrogens (primary N) is 1. The van der Waals surface area contributed by atoms with Gasteiger partial charge in [0.1, 0.15) is 17.9 Å². The normalized spacial score (nSPS) is 22.3. The standard InChI is InChI=1S/C13H15F3N2O2/c1-12(8-20-11(17)18-12)5-6-19-10-4-2-3-9(7-10)13(14,15)16/h2-4,7H,5-6,8H2,1H3,(H2,17,18). The van der Waals surface area contributed by atoms with Gasteiger partial charge in [-0.1, -0.05) is 6.07 Å². The molecule has 20 heavy (non-hydrogen) atoms. The maximum absolute atomic E-state index is 12.5. The smallest absolute Gasteiger partial charge is 0.416 e. The van der Waals surface area contributed by atoms with Crippen LogP contribution in [0, 0.1) is 0 Å². The predicted octanol–water partition coefficient (Wildman–Crippen LogP) is 2.58. The van der Waals surface area contributed by atoms with Crippen molar-refractivity contribution in [2.45, 2.75) is 25.1 Å². The van der Waals surface area contributed by atoms with Crippen LogP contribution in [0.1, 0.15) is 18.9 Å². The molecule has 0 amide bonds. The van der Waals surface area contributed by atoms with Crippen LogP contribution in [0.4, 0.5) is 13.2 Å². The second-order valence-electron chi connectivity index (χ2n) is 4.86. The number of benzene rings is 1. The van der Waals surface area contributed by atoms with Crippen molar-refractivity contribution >= 4 is 6.02 Å². The highest BCUT2D eigenvalue weighted by atomic mass is 19.4. The Kier molecular flexibility index (Phi) is 3.78. The van der Waals surface area contributed by atoms with Crippen molar-refractivity contribution in [3.05, 3.63) is 29.8 Å². The number of rotatable bonds is 4. The van der Waals surface area contributed by atoms with Crippen LogP contribution >= 0.6 is 0 Å². The average Bonchev–Trinajstić information content (AvgIpc) is 2.69. The molecule has 0 saturated heterocycles. The Labute approximate surface area is 114 Å². The van der Waals surface area contributed by atoms with E-state index in [4.69, 9.17) is 15.2 Å². The molecule has 110 valence electrons. The summed E-state index contributed by atoms with van der Waals surface area (Å²) >= 11 is 0. The molecule has 0 spiro atoms. The molecule has 1 aromatic rings. The van der Waals surface area contributed by atoms with Crippen molar-refractivity contribution in [3.63, 3.8) is 0 Å². The summed E-state index contributed by atoms with van der Waals surface area (Å²) in [5.41, 5.74) is 4.21.